The van der Waals surface area contributed by atoms with Crippen LogP contribution in [-0.4, -0.2) is 60.4 Å². The first-order chi connectivity index (χ1) is 19.6. The van der Waals surface area contributed by atoms with Gasteiger partial charge in [-0.2, -0.15) is 0 Å². The van der Waals surface area contributed by atoms with Gasteiger partial charge < -0.3 is 30.2 Å². The molecule has 4 aromatic rings. The molecule has 3 N–H and O–H groups in total. The Morgan fingerprint density at radius 2 is 1.82 bits per heavy atom. The number of rotatable bonds is 7. The fourth-order valence-corrected chi connectivity index (χ4v) is 6.33. The second kappa shape index (κ2) is 12.1. The predicted molar refractivity (Wildman–Crippen MR) is 160 cm³/mol. The SMILES string of the molecule is O=C(Nc1ccc2cc[nH]c2c1)NC(CC(=O)N1CCOCC1)c1ccc2c(c1)N(Cc1ccccc1)CCS2. The number of urea groups is 1. The van der Waals surface area contributed by atoms with Crippen LogP contribution in [0.4, 0.5) is 16.2 Å². The Kier molecular flexibility index (Phi) is 7.92. The molecular weight excluding hydrogens is 522 g/mol. The number of benzene rings is 3. The van der Waals surface area contributed by atoms with Gasteiger partial charge in [-0.15, -0.1) is 11.8 Å². The van der Waals surface area contributed by atoms with Crippen LogP contribution < -0.4 is 15.5 Å². The van der Waals surface area contributed by atoms with Crippen LogP contribution in [0.3, 0.4) is 0 Å². The van der Waals surface area contributed by atoms with Crippen molar-refractivity contribution in [2.24, 2.45) is 0 Å². The van der Waals surface area contributed by atoms with Gasteiger partial charge in [-0.25, -0.2) is 4.79 Å². The van der Waals surface area contributed by atoms with Gasteiger partial charge in [0.2, 0.25) is 5.91 Å². The minimum Gasteiger partial charge on any atom is -0.378 e. The van der Waals surface area contributed by atoms with Gasteiger partial charge in [-0.3, -0.25) is 4.79 Å². The summed E-state index contributed by atoms with van der Waals surface area (Å²) in [6.45, 7) is 3.96. The number of amides is 3. The number of morpholine rings is 1. The van der Waals surface area contributed by atoms with E-state index in [-0.39, 0.29) is 18.4 Å². The van der Waals surface area contributed by atoms with Crippen molar-refractivity contribution in [1.29, 1.82) is 0 Å². The van der Waals surface area contributed by atoms with Crippen LogP contribution in [-0.2, 0) is 16.1 Å². The standard InChI is InChI=1S/C31H33N5O3S/c37-30(35-12-15-39-16-13-35)20-27(34-31(38)33-25-8-6-23-10-11-32-26(23)19-25)24-7-9-29-28(18-24)36(14-17-40-29)21-22-4-2-1-3-5-22/h1-11,18-19,27,32H,12-17,20-21H2,(H2,33,34,38). The molecular formula is C31H33N5O3S. The molecule has 8 nitrogen and oxygen atoms in total. The van der Waals surface area contributed by atoms with Crippen molar-refractivity contribution in [2.45, 2.75) is 23.9 Å². The highest BCUT2D eigenvalue weighted by molar-refractivity contribution is 7.99. The van der Waals surface area contributed by atoms with Crippen molar-refractivity contribution in [2.75, 3.05) is 48.8 Å². The number of thioether (sulfide) groups is 1. The molecule has 206 valence electrons. The maximum atomic E-state index is 13.3. The van der Waals surface area contributed by atoms with E-state index in [0.29, 0.717) is 32.0 Å². The molecule has 2 aliphatic heterocycles. The molecule has 6 rings (SSSR count). The number of fused-ring (bicyclic) bond motifs is 2. The number of hydrogen-bond donors (Lipinski definition) is 3. The highest BCUT2D eigenvalue weighted by atomic mass is 32.2. The maximum Gasteiger partial charge on any atom is 0.319 e. The molecule has 0 spiro atoms. The van der Waals surface area contributed by atoms with Crippen LogP contribution in [0.25, 0.3) is 10.9 Å². The van der Waals surface area contributed by atoms with Gasteiger partial charge in [0.25, 0.3) is 0 Å². The van der Waals surface area contributed by atoms with Crippen LogP contribution >= 0.6 is 11.8 Å². The van der Waals surface area contributed by atoms with E-state index in [0.717, 1.165) is 41.0 Å². The van der Waals surface area contributed by atoms with Crippen molar-refractivity contribution in [1.82, 2.24) is 15.2 Å². The van der Waals surface area contributed by atoms with Gasteiger partial charge in [-0.1, -0.05) is 42.5 Å². The summed E-state index contributed by atoms with van der Waals surface area (Å²) >= 11 is 1.84. The van der Waals surface area contributed by atoms with Crippen LogP contribution in [0.5, 0.6) is 0 Å². The van der Waals surface area contributed by atoms with E-state index < -0.39 is 6.04 Å². The summed E-state index contributed by atoms with van der Waals surface area (Å²) in [5, 5.41) is 7.13. The van der Waals surface area contributed by atoms with E-state index in [1.165, 1.54) is 10.5 Å². The molecule has 1 aromatic heterocycles. The molecule has 1 saturated heterocycles. The van der Waals surface area contributed by atoms with Crippen LogP contribution in [0.15, 0.2) is 83.9 Å². The molecule has 3 aromatic carbocycles. The zero-order valence-electron chi connectivity index (χ0n) is 22.3. The molecule has 3 amide bonds. The van der Waals surface area contributed by atoms with Gasteiger partial charge >= 0.3 is 6.03 Å². The van der Waals surface area contributed by atoms with Crippen molar-refractivity contribution in [3.8, 4) is 0 Å². The molecule has 1 fully saturated rings. The molecule has 1 unspecified atom stereocenters. The number of aromatic amines is 1. The van der Waals surface area contributed by atoms with Crippen LogP contribution in [0, 0.1) is 0 Å². The highest BCUT2D eigenvalue weighted by Gasteiger charge is 2.26. The van der Waals surface area contributed by atoms with E-state index >= 15 is 0 Å². The molecule has 1 atom stereocenters. The zero-order valence-corrected chi connectivity index (χ0v) is 23.1. The second-order valence-corrected chi connectivity index (χ2v) is 11.2. The molecule has 0 radical (unpaired) electrons. The third-order valence-electron chi connectivity index (χ3n) is 7.42. The lowest BCUT2D eigenvalue weighted by Gasteiger charge is -2.33. The Bertz CT molecular complexity index is 1480. The van der Waals surface area contributed by atoms with E-state index in [9.17, 15) is 9.59 Å². The molecule has 0 bridgehead atoms. The third kappa shape index (κ3) is 6.11. The molecule has 0 aliphatic carbocycles. The Balaban J connectivity index is 1.25. The minimum absolute atomic E-state index is 0.00893. The first-order valence-electron chi connectivity index (χ1n) is 13.7. The smallest absolute Gasteiger partial charge is 0.319 e. The topological polar surface area (TPSA) is 89.7 Å². The Hall–Kier alpha value is -3.95. The monoisotopic (exact) mass is 555 g/mol. The zero-order chi connectivity index (χ0) is 27.3. The van der Waals surface area contributed by atoms with Crippen molar-refractivity contribution in [3.63, 3.8) is 0 Å². The van der Waals surface area contributed by atoms with Crippen LogP contribution in [0.1, 0.15) is 23.6 Å². The van der Waals surface area contributed by atoms with Gasteiger partial charge in [0, 0.05) is 54.2 Å². The van der Waals surface area contributed by atoms with E-state index in [1.54, 1.807) is 0 Å². The predicted octanol–water partition coefficient (Wildman–Crippen LogP) is 5.39. The number of carbonyl (C=O) groups is 2. The Labute approximate surface area is 238 Å². The first-order valence-corrected chi connectivity index (χ1v) is 14.7. The van der Waals surface area contributed by atoms with Crippen molar-refractivity contribution >= 4 is 46.0 Å². The van der Waals surface area contributed by atoms with Gasteiger partial charge in [0.1, 0.15) is 0 Å². The number of ether oxygens (including phenoxy) is 1. The van der Waals surface area contributed by atoms with Crippen molar-refractivity contribution in [3.05, 3.63) is 90.1 Å². The molecule has 40 heavy (non-hydrogen) atoms. The third-order valence-corrected chi connectivity index (χ3v) is 8.46. The molecule has 2 aliphatic rings. The largest absolute Gasteiger partial charge is 0.378 e. The van der Waals surface area contributed by atoms with E-state index in [2.05, 4.69) is 56.9 Å². The Morgan fingerprint density at radius 3 is 2.67 bits per heavy atom. The number of aromatic nitrogens is 1. The maximum absolute atomic E-state index is 13.3. The summed E-state index contributed by atoms with van der Waals surface area (Å²) in [6.07, 6.45) is 2.05. The lowest BCUT2D eigenvalue weighted by molar-refractivity contribution is -0.135. The fourth-order valence-electron chi connectivity index (χ4n) is 5.29. The number of carbonyl (C=O) groups excluding carboxylic acids is 2. The van der Waals surface area contributed by atoms with Gasteiger partial charge in [0.15, 0.2) is 0 Å². The number of nitrogens with one attached hydrogen (secondary N) is 3. The molecule has 3 heterocycles. The quantitative estimate of drug-likeness (QED) is 0.285. The lowest BCUT2D eigenvalue weighted by atomic mass is 10.0. The normalized spacial score (nSPS) is 15.9. The average Bonchev–Trinajstić information content (AvgIpc) is 3.46. The average molecular weight is 556 g/mol. The minimum atomic E-state index is -0.486. The number of H-pyrrole nitrogens is 1. The summed E-state index contributed by atoms with van der Waals surface area (Å²) in [6, 6.07) is 23.7. The first kappa shape index (κ1) is 26.3. The van der Waals surface area contributed by atoms with Gasteiger partial charge in [0.05, 0.1) is 31.4 Å². The summed E-state index contributed by atoms with van der Waals surface area (Å²) in [4.78, 5) is 35.1. The summed E-state index contributed by atoms with van der Waals surface area (Å²) < 4.78 is 5.43. The highest BCUT2D eigenvalue weighted by Crippen LogP contribution is 2.38. The summed E-state index contributed by atoms with van der Waals surface area (Å²) in [5.41, 5.74) is 4.93. The fraction of sp³-hybridized carbons (Fsp3) is 0.290. The van der Waals surface area contributed by atoms with Crippen LogP contribution in [0.2, 0.25) is 0 Å². The molecule has 9 heteroatoms. The molecule has 0 saturated carbocycles. The summed E-state index contributed by atoms with van der Waals surface area (Å²) in [5.74, 6) is 1.03. The Morgan fingerprint density at radius 1 is 0.975 bits per heavy atom. The number of nitrogens with zero attached hydrogens (tertiary/aromatic N) is 2. The lowest BCUT2D eigenvalue weighted by Crippen LogP contribution is -2.43. The van der Waals surface area contributed by atoms with E-state index in [1.807, 2.05) is 59.3 Å². The number of anilines is 2. The summed E-state index contributed by atoms with van der Waals surface area (Å²) in [7, 11) is 0. The van der Waals surface area contributed by atoms with Crippen molar-refractivity contribution < 1.29 is 14.3 Å². The van der Waals surface area contributed by atoms with E-state index in [4.69, 9.17) is 4.74 Å². The van der Waals surface area contributed by atoms with Gasteiger partial charge in [-0.05, 0) is 46.8 Å². The number of hydrogen-bond acceptors (Lipinski definition) is 5. The second-order valence-electron chi connectivity index (χ2n) is 10.1.